The maximum Gasteiger partial charge on any atom is 0.130 e. The van der Waals surface area contributed by atoms with Crippen LogP contribution in [0.1, 0.15) is 22.6 Å². The van der Waals surface area contributed by atoms with Crippen molar-refractivity contribution in [3.8, 4) is 0 Å². The summed E-state index contributed by atoms with van der Waals surface area (Å²) in [5, 5.41) is 13.2. The van der Waals surface area contributed by atoms with Crippen molar-refractivity contribution in [2.45, 2.75) is 18.6 Å². The van der Waals surface area contributed by atoms with E-state index in [2.05, 4.69) is 38.3 Å². The lowest BCUT2D eigenvalue weighted by atomic mass is 9.87. The van der Waals surface area contributed by atoms with E-state index < -0.39 is 0 Å². The normalized spacial score (nSPS) is 22.8. The molecular formula is C22H30N4O2. The van der Waals surface area contributed by atoms with Crippen LogP contribution in [-0.2, 0) is 11.3 Å². The van der Waals surface area contributed by atoms with Gasteiger partial charge in [-0.25, -0.2) is 4.98 Å². The molecule has 2 aromatic rings. The summed E-state index contributed by atoms with van der Waals surface area (Å²) in [6.07, 6.45) is 1.85. The molecule has 2 aliphatic heterocycles. The molecule has 6 heteroatoms. The fraction of sp³-hybridized carbons (Fsp3) is 0.500. The van der Waals surface area contributed by atoms with Crippen LogP contribution in [0.5, 0.6) is 0 Å². The van der Waals surface area contributed by atoms with Crippen LogP contribution in [0.4, 0.5) is 5.82 Å². The third kappa shape index (κ3) is 4.20. The molecule has 0 aliphatic carbocycles. The number of hydrogen-bond acceptors (Lipinski definition) is 6. The largest absolute Gasteiger partial charge is 0.392 e. The van der Waals surface area contributed by atoms with Crippen molar-refractivity contribution in [3.63, 3.8) is 0 Å². The maximum absolute atomic E-state index is 9.56. The molecule has 6 nitrogen and oxygen atoms in total. The number of aliphatic hydroxyl groups excluding tert-OH is 1. The van der Waals surface area contributed by atoms with Gasteiger partial charge < -0.3 is 15.2 Å². The van der Waals surface area contributed by atoms with E-state index in [0.717, 1.165) is 57.3 Å². The topological polar surface area (TPSA) is 60.9 Å². The molecule has 1 aromatic heterocycles. The SMILES string of the molecule is COCCN1CCN(CC2Nc3ncccc3C2c2cccc(CO)c2)CC1. The summed E-state index contributed by atoms with van der Waals surface area (Å²) in [6, 6.07) is 12.8. The van der Waals surface area contributed by atoms with Gasteiger partial charge in [-0.3, -0.25) is 9.80 Å². The molecule has 1 aromatic carbocycles. The van der Waals surface area contributed by atoms with E-state index in [1.807, 2.05) is 24.4 Å². The van der Waals surface area contributed by atoms with Crippen LogP contribution >= 0.6 is 0 Å². The Kier molecular flexibility index (Phi) is 6.22. The summed E-state index contributed by atoms with van der Waals surface area (Å²) in [5.74, 6) is 1.24. The first-order chi connectivity index (χ1) is 13.8. The summed E-state index contributed by atoms with van der Waals surface area (Å²) in [5.41, 5.74) is 3.45. The Balaban J connectivity index is 1.48. The van der Waals surface area contributed by atoms with Gasteiger partial charge in [-0.1, -0.05) is 30.3 Å². The van der Waals surface area contributed by atoms with Gasteiger partial charge in [0.05, 0.1) is 19.3 Å². The second-order valence-corrected chi connectivity index (χ2v) is 7.71. The van der Waals surface area contributed by atoms with Crippen molar-refractivity contribution < 1.29 is 9.84 Å². The molecule has 2 atom stereocenters. The molecule has 28 heavy (non-hydrogen) atoms. The van der Waals surface area contributed by atoms with E-state index >= 15 is 0 Å². The summed E-state index contributed by atoms with van der Waals surface area (Å²) in [7, 11) is 1.76. The molecule has 0 saturated carbocycles. The summed E-state index contributed by atoms with van der Waals surface area (Å²) < 4.78 is 5.21. The van der Waals surface area contributed by atoms with Gasteiger partial charge in [0.25, 0.3) is 0 Å². The van der Waals surface area contributed by atoms with Gasteiger partial charge in [0.1, 0.15) is 5.82 Å². The minimum absolute atomic E-state index is 0.0714. The highest BCUT2D eigenvalue weighted by molar-refractivity contribution is 5.58. The van der Waals surface area contributed by atoms with Crippen LogP contribution in [0.25, 0.3) is 0 Å². The Morgan fingerprint density at radius 2 is 1.96 bits per heavy atom. The summed E-state index contributed by atoms with van der Waals surface area (Å²) >= 11 is 0. The molecule has 2 unspecified atom stereocenters. The number of anilines is 1. The van der Waals surface area contributed by atoms with Crippen molar-refractivity contribution in [1.29, 1.82) is 0 Å². The number of ether oxygens (including phenoxy) is 1. The number of aromatic nitrogens is 1. The third-order valence-corrected chi connectivity index (χ3v) is 5.92. The van der Waals surface area contributed by atoms with Gasteiger partial charge in [-0.15, -0.1) is 0 Å². The lowest BCUT2D eigenvalue weighted by Gasteiger charge is -2.36. The Labute approximate surface area is 167 Å². The molecule has 0 spiro atoms. The number of rotatable bonds is 7. The average molecular weight is 383 g/mol. The number of pyridine rings is 1. The number of aliphatic hydroxyl groups is 1. The number of nitrogens with one attached hydrogen (secondary N) is 1. The fourth-order valence-electron chi connectivity index (χ4n) is 4.41. The van der Waals surface area contributed by atoms with Gasteiger partial charge in [-0.2, -0.15) is 0 Å². The minimum Gasteiger partial charge on any atom is -0.392 e. The number of piperazine rings is 1. The van der Waals surface area contributed by atoms with Crippen molar-refractivity contribution >= 4 is 5.82 Å². The predicted octanol–water partition coefficient (Wildman–Crippen LogP) is 1.76. The monoisotopic (exact) mass is 382 g/mol. The van der Waals surface area contributed by atoms with Crippen LogP contribution in [0, 0.1) is 0 Å². The van der Waals surface area contributed by atoms with E-state index in [1.165, 1.54) is 11.1 Å². The van der Waals surface area contributed by atoms with Crippen molar-refractivity contribution in [1.82, 2.24) is 14.8 Å². The zero-order valence-corrected chi connectivity index (χ0v) is 16.6. The van der Waals surface area contributed by atoms with Crippen LogP contribution in [0.2, 0.25) is 0 Å². The zero-order chi connectivity index (χ0) is 19.3. The van der Waals surface area contributed by atoms with Crippen LogP contribution in [0.15, 0.2) is 42.6 Å². The van der Waals surface area contributed by atoms with E-state index in [9.17, 15) is 5.11 Å². The first-order valence-corrected chi connectivity index (χ1v) is 10.1. The molecule has 150 valence electrons. The highest BCUT2D eigenvalue weighted by Crippen LogP contribution is 2.39. The molecule has 1 fully saturated rings. The Hall–Kier alpha value is -1.99. The van der Waals surface area contributed by atoms with E-state index in [4.69, 9.17) is 4.74 Å². The Bertz CT molecular complexity index is 777. The highest BCUT2D eigenvalue weighted by Gasteiger charge is 2.35. The van der Waals surface area contributed by atoms with Gasteiger partial charge in [0, 0.05) is 64.1 Å². The van der Waals surface area contributed by atoms with Crippen molar-refractivity contribution in [2.24, 2.45) is 0 Å². The summed E-state index contributed by atoms with van der Waals surface area (Å²) in [6.45, 7) is 7.21. The molecule has 4 rings (SSSR count). The lowest BCUT2D eigenvalue weighted by Crippen LogP contribution is -2.50. The van der Waals surface area contributed by atoms with Crippen LogP contribution in [0.3, 0.4) is 0 Å². The molecule has 0 amide bonds. The second kappa shape index (κ2) is 9.01. The molecule has 2 N–H and O–H groups in total. The first-order valence-electron chi connectivity index (χ1n) is 10.1. The lowest BCUT2D eigenvalue weighted by molar-refractivity contribution is 0.0947. The van der Waals surface area contributed by atoms with Gasteiger partial charge in [0.2, 0.25) is 0 Å². The Morgan fingerprint density at radius 3 is 2.75 bits per heavy atom. The number of methoxy groups -OCH3 is 1. The average Bonchev–Trinajstić information content (AvgIpc) is 3.11. The minimum atomic E-state index is 0.0714. The number of benzene rings is 1. The van der Waals surface area contributed by atoms with E-state index in [0.29, 0.717) is 0 Å². The molecule has 3 heterocycles. The second-order valence-electron chi connectivity index (χ2n) is 7.71. The van der Waals surface area contributed by atoms with E-state index in [-0.39, 0.29) is 18.6 Å². The predicted molar refractivity (Wildman–Crippen MR) is 111 cm³/mol. The van der Waals surface area contributed by atoms with Gasteiger partial charge in [-0.05, 0) is 17.2 Å². The molecule has 1 saturated heterocycles. The first kappa shape index (κ1) is 19.3. The third-order valence-electron chi connectivity index (χ3n) is 5.92. The van der Waals surface area contributed by atoms with Crippen LogP contribution < -0.4 is 5.32 Å². The van der Waals surface area contributed by atoms with Crippen LogP contribution in [-0.4, -0.2) is 78.9 Å². The Morgan fingerprint density at radius 1 is 1.14 bits per heavy atom. The van der Waals surface area contributed by atoms with Gasteiger partial charge in [0.15, 0.2) is 0 Å². The number of nitrogens with zero attached hydrogens (tertiary/aromatic N) is 3. The van der Waals surface area contributed by atoms with Crippen molar-refractivity contribution in [3.05, 3.63) is 59.3 Å². The molecule has 0 bridgehead atoms. The maximum atomic E-state index is 9.56. The van der Waals surface area contributed by atoms with Gasteiger partial charge >= 0.3 is 0 Å². The number of fused-ring (bicyclic) bond motifs is 1. The standard InChI is InChI=1S/C22H30N4O2/c1-28-13-12-25-8-10-26(11-9-25)15-20-21(18-5-2-4-17(14-18)16-27)19-6-3-7-23-22(19)24-20/h2-7,14,20-21,27H,8-13,15-16H2,1H3,(H,23,24). The van der Waals surface area contributed by atoms with Crippen molar-refractivity contribution in [2.75, 3.05) is 58.3 Å². The fourth-order valence-corrected chi connectivity index (χ4v) is 4.41. The number of hydrogen-bond donors (Lipinski definition) is 2. The molecule has 0 radical (unpaired) electrons. The zero-order valence-electron chi connectivity index (χ0n) is 16.6. The highest BCUT2D eigenvalue weighted by atomic mass is 16.5. The van der Waals surface area contributed by atoms with E-state index in [1.54, 1.807) is 7.11 Å². The summed E-state index contributed by atoms with van der Waals surface area (Å²) in [4.78, 5) is 9.59. The quantitative estimate of drug-likeness (QED) is 0.761. The smallest absolute Gasteiger partial charge is 0.130 e. The molecular weight excluding hydrogens is 352 g/mol. The molecule has 2 aliphatic rings.